The average Bonchev–Trinajstić information content (AvgIpc) is 2.37. The van der Waals surface area contributed by atoms with Crippen molar-refractivity contribution in [1.82, 2.24) is 15.3 Å². The first-order chi connectivity index (χ1) is 8.55. The second-order valence-corrected chi connectivity index (χ2v) is 4.24. The molecule has 0 saturated carbocycles. The molecular formula is C10H11F3N4O. The Morgan fingerprint density at radius 1 is 1.44 bits per heavy atom. The molecule has 2 aliphatic heterocycles. The Morgan fingerprint density at radius 3 is 3.06 bits per heavy atom. The molecule has 3 rings (SSSR count). The van der Waals surface area contributed by atoms with Crippen LogP contribution in [0.3, 0.4) is 0 Å². The lowest BCUT2D eigenvalue weighted by molar-refractivity contribution is -0.141. The smallest absolute Gasteiger partial charge is 0.435 e. The molecule has 1 unspecified atom stereocenters. The van der Waals surface area contributed by atoms with Gasteiger partial charge in [-0.15, -0.1) is 0 Å². The zero-order valence-electron chi connectivity index (χ0n) is 9.37. The molecule has 1 aromatic rings. The van der Waals surface area contributed by atoms with Gasteiger partial charge < -0.3 is 15.0 Å². The van der Waals surface area contributed by atoms with Crippen LogP contribution in [0, 0.1) is 0 Å². The summed E-state index contributed by atoms with van der Waals surface area (Å²) in [5, 5.41) is 3.20. The van der Waals surface area contributed by atoms with E-state index in [1.54, 1.807) is 0 Å². The summed E-state index contributed by atoms with van der Waals surface area (Å²) in [6.07, 6.45) is -3.74. The van der Waals surface area contributed by atoms with Crippen LogP contribution in [0.15, 0.2) is 6.20 Å². The standard InChI is InChI=1S/C10H11F3N4O/c11-10(12,13)7-4-15-8-9(16-7)18-5-6-3-14-1-2-17(6)8/h4,6,14H,1-3,5H2. The minimum Gasteiger partial charge on any atom is -0.473 e. The fraction of sp³-hybridized carbons (Fsp3) is 0.600. The van der Waals surface area contributed by atoms with E-state index < -0.39 is 11.9 Å². The molecule has 2 aliphatic rings. The van der Waals surface area contributed by atoms with Crippen molar-refractivity contribution in [3.05, 3.63) is 11.9 Å². The maximum atomic E-state index is 12.5. The quantitative estimate of drug-likeness (QED) is 0.743. The van der Waals surface area contributed by atoms with Crippen molar-refractivity contribution in [2.24, 2.45) is 0 Å². The van der Waals surface area contributed by atoms with E-state index in [2.05, 4.69) is 15.3 Å². The largest absolute Gasteiger partial charge is 0.473 e. The van der Waals surface area contributed by atoms with Gasteiger partial charge in [0.25, 0.3) is 5.88 Å². The third-order valence-electron chi connectivity index (χ3n) is 3.05. The molecule has 1 aromatic heterocycles. The van der Waals surface area contributed by atoms with Crippen LogP contribution < -0.4 is 15.0 Å². The number of nitrogens with one attached hydrogen (secondary N) is 1. The highest BCUT2D eigenvalue weighted by molar-refractivity contribution is 5.52. The first-order valence-electron chi connectivity index (χ1n) is 5.60. The number of aromatic nitrogens is 2. The topological polar surface area (TPSA) is 50.3 Å². The number of alkyl halides is 3. The van der Waals surface area contributed by atoms with Crippen LogP contribution >= 0.6 is 0 Å². The number of ether oxygens (including phenoxy) is 1. The molecule has 18 heavy (non-hydrogen) atoms. The van der Waals surface area contributed by atoms with E-state index in [4.69, 9.17) is 4.74 Å². The predicted octanol–water partition coefficient (Wildman–Crippen LogP) is 0.666. The molecule has 5 nitrogen and oxygen atoms in total. The number of hydrogen-bond donors (Lipinski definition) is 1. The summed E-state index contributed by atoms with van der Waals surface area (Å²) in [4.78, 5) is 9.31. The van der Waals surface area contributed by atoms with Gasteiger partial charge >= 0.3 is 6.18 Å². The highest BCUT2D eigenvalue weighted by Gasteiger charge is 2.37. The van der Waals surface area contributed by atoms with Crippen molar-refractivity contribution in [2.75, 3.05) is 31.1 Å². The number of nitrogens with zero attached hydrogens (tertiary/aromatic N) is 3. The van der Waals surface area contributed by atoms with E-state index >= 15 is 0 Å². The number of piperazine rings is 1. The van der Waals surface area contributed by atoms with Crippen molar-refractivity contribution < 1.29 is 17.9 Å². The summed E-state index contributed by atoms with van der Waals surface area (Å²) < 4.78 is 42.8. The van der Waals surface area contributed by atoms with Gasteiger partial charge in [-0.3, -0.25) is 0 Å². The van der Waals surface area contributed by atoms with Gasteiger partial charge in [-0.25, -0.2) is 9.97 Å². The minimum atomic E-state index is -4.49. The van der Waals surface area contributed by atoms with Crippen molar-refractivity contribution in [1.29, 1.82) is 0 Å². The van der Waals surface area contributed by atoms with Crippen LogP contribution in [0.5, 0.6) is 5.88 Å². The van der Waals surface area contributed by atoms with Crippen LogP contribution in [0.1, 0.15) is 5.69 Å². The van der Waals surface area contributed by atoms with Gasteiger partial charge in [0.2, 0.25) is 0 Å². The first-order valence-corrected chi connectivity index (χ1v) is 5.60. The van der Waals surface area contributed by atoms with Gasteiger partial charge in [-0.1, -0.05) is 0 Å². The molecule has 0 spiro atoms. The molecule has 0 aliphatic carbocycles. The Bertz CT molecular complexity index is 465. The van der Waals surface area contributed by atoms with Gasteiger partial charge in [0.15, 0.2) is 11.5 Å². The van der Waals surface area contributed by atoms with E-state index in [0.29, 0.717) is 19.0 Å². The van der Waals surface area contributed by atoms with Crippen molar-refractivity contribution in [3.63, 3.8) is 0 Å². The third-order valence-corrected chi connectivity index (χ3v) is 3.05. The van der Waals surface area contributed by atoms with E-state index in [0.717, 1.165) is 19.3 Å². The molecule has 0 aromatic carbocycles. The molecule has 1 atom stereocenters. The summed E-state index contributed by atoms with van der Waals surface area (Å²) in [6.45, 7) is 2.54. The molecule has 1 N–H and O–H groups in total. The van der Waals surface area contributed by atoms with Crippen molar-refractivity contribution >= 4 is 5.82 Å². The lowest BCUT2D eigenvalue weighted by Crippen LogP contribution is -2.56. The Labute approximate surface area is 101 Å². The molecule has 8 heteroatoms. The van der Waals surface area contributed by atoms with Crippen LogP contribution in [-0.2, 0) is 6.18 Å². The Morgan fingerprint density at radius 2 is 2.28 bits per heavy atom. The summed E-state index contributed by atoms with van der Waals surface area (Å²) in [5.74, 6) is 0.378. The molecule has 98 valence electrons. The summed E-state index contributed by atoms with van der Waals surface area (Å²) >= 11 is 0. The maximum Gasteiger partial charge on any atom is 0.435 e. The molecule has 0 amide bonds. The van der Waals surface area contributed by atoms with Gasteiger partial charge in [-0.2, -0.15) is 13.2 Å². The summed E-state index contributed by atoms with van der Waals surface area (Å²) in [5.41, 5.74) is -1.02. The van der Waals surface area contributed by atoms with E-state index in [1.807, 2.05) is 4.90 Å². The number of hydrogen-bond acceptors (Lipinski definition) is 5. The fourth-order valence-corrected chi connectivity index (χ4v) is 2.16. The van der Waals surface area contributed by atoms with E-state index in [-0.39, 0.29) is 11.9 Å². The second-order valence-electron chi connectivity index (χ2n) is 4.24. The highest BCUT2D eigenvalue weighted by Crippen LogP contribution is 2.34. The summed E-state index contributed by atoms with van der Waals surface area (Å²) in [6, 6.07) is 0.109. The Balaban J connectivity index is 1.96. The number of fused-ring (bicyclic) bond motifs is 3. The Hall–Kier alpha value is -1.57. The molecule has 1 fully saturated rings. The minimum absolute atomic E-state index is 0.0250. The van der Waals surface area contributed by atoms with Crippen molar-refractivity contribution in [3.8, 4) is 5.88 Å². The highest BCUT2D eigenvalue weighted by atomic mass is 19.4. The first kappa shape index (κ1) is 11.5. The zero-order chi connectivity index (χ0) is 12.8. The lowest BCUT2D eigenvalue weighted by atomic mass is 10.2. The van der Waals surface area contributed by atoms with E-state index in [1.165, 1.54) is 0 Å². The van der Waals surface area contributed by atoms with Gasteiger partial charge in [-0.05, 0) is 0 Å². The predicted molar refractivity (Wildman–Crippen MR) is 56.5 cm³/mol. The number of rotatable bonds is 0. The van der Waals surface area contributed by atoms with Crippen LogP contribution in [0.4, 0.5) is 19.0 Å². The van der Waals surface area contributed by atoms with Crippen LogP contribution in [-0.4, -0.2) is 42.3 Å². The van der Waals surface area contributed by atoms with E-state index in [9.17, 15) is 13.2 Å². The van der Waals surface area contributed by atoms with Crippen molar-refractivity contribution in [2.45, 2.75) is 12.2 Å². The third kappa shape index (κ3) is 1.86. The maximum absolute atomic E-state index is 12.5. The van der Waals surface area contributed by atoms with Gasteiger partial charge in [0, 0.05) is 19.6 Å². The van der Waals surface area contributed by atoms with Crippen LogP contribution in [0.2, 0.25) is 0 Å². The number of anilines is 1. The lowest BCUT2D eigenvalue weighted by Gasteiger charge is -2.40. The SMILES string of the molecule is FC(F)(F)c1cnc2c(n1)OCC1CNCCN21. The Kier molecular flexibility index (Phi) is 2.54. The van der Waals surface area contributed by atoms with Crippen LogP contribution in [0.25, 0.3) is 0 Å². The fourth-order valence-electron chi connectivity index (χ4n) is 2.16. The average molecular weight is 260 g/mol. The number of halogens is 3. The zero-order valence-corrected chi connectivity index (χ0v) is 9.37. The van der Waals surface area contributed by atoms with Gasteiger partial charge in [0.05, 0.1) is 12.2 Å². The summed E-state index contributed by atoms with van der Waals surface area (Å²) in [7, 11) is 0. The normalized spacial score (nSPS) is 23.1. The second kappa shape index (κ2) is 3.98. The molecular weight excluding hydrogens is 249 g/mol. The molecule has 0 radical (unpaired) electrons. The molecule has 0 bridgehead atoms. The molecule has 3 heterocycles. The molecule has 1 saturated heterocycles. The van der Waals surface area contributed by atoms with Gasteiger partial charge in [0.1, 0.15) is 6.61 Å². The monoisotopic (exact) mass is 260 g/mol.